The predicted molar refractivity (Wildman–Crippen MR) is 85.5 cm³/mol. The van der Waals surface area contributed by atoms with E-state index in [-0.39, 0.29) is 5.41 Å². The van der Waals surface area contributed by atoms with Gasteiger partial charge < -0.3 is 5.73 Å². The Morgan fingerprint density at radius 1 is 0.950 bits per heavy atom. The van der Waals surface area contributed by atoms with Gasteiger partial charge in [-0.05, 0) is 60.0 Å². The molecule has 0 saturated carbocycles. The molecular formula is C17H17Cl2N. The molecule has 2 aromatic rings. The van der Waals surface area contributed by atoms with E-state index in [1.54, 1.807) is 0 Å². The first-order valence-electron chi connectivity index (χ1n) is 6.83. The molecule has 104 valence electrons. The highest BCUT2D eigenvalue weighted by Crippen LogP contribution is 2.39. The summed E-state index contributed by atoms with van der Waals surface area (Å²) >= 11 is 12.1. The van der Waals surface area contributed by atoms with Crippen LogP contribution in [0.25, 0.3) is 0 Å². The molecule has 0 heterocycles. The molecule has 0 radical (unpaired) electrons. The average Bonchev–Trinajstić information content (AvgIpc) is 2.81. The third-order valence-electron chi connectivity index (χ3n) is 4.25. The molecule has 3 heteroatoms. The number of rotatable bonds is 3. The second kappa shape index (κ2) is 5.40. The molecule has 0 spiro atoms. The summed E-state index contributed by atoms with van der Waals surface area (Å²) in [6, 6.07) is 14.5. The van der Waals surface area contributed by atoms with Crippen molar-refractivity contribution in [1.29, 1.82) is 0 Å². The Morgan fingerprint density at radius 3 is 2.15 bits per heavy atom. The maximum atomic E-state index is 6.11. The van der Waals surface area contributed by atoms with Crippen molar-refractivity contribution < 1.29 is 0 Å². The first-order valence-corrected chi connectivity index (χ1v) is 7.58. The highest BCUT2D eigenvalue weighted by Gasteiger charge is 2.35. The van der Waals surface area contributed by atoms with Gasteiger partial charge in [0.25, 0.3) is 0 Å². The normalized spacial score (nSPS) is 16.1. The van der Waals surface area contributed by atoms with Gasteiger partial charge in [-0.2, -0.15) is 0 Å². The van der Waals surface area contributed by atoms with Crippen LogP contribution in [-0.4, -0.2) is 6.54 Å². The number of nitrogens with two attached hydrogens (primary N) is 1. The molecule has 0 aliphatic heterocycles. The van der Waals surface area contributed by atoms with E-state index in [4.69, 9.17) is 28.9 Å². The summed E-state index contributed by atoms with van der Waals surface area (Å²) in [5.41, 5.74) is 10.3. The maximum absolute atomic E-state index is 6.11. The van der Waals surface area contributed by atoms with E-state index in [9.17, 15) is 0 Å². The lowest BCUT2D eigenvalue weighted by atomic mass is 9.79. The number of hydrogen-bond acceptors (Lipinski definition) is 1. The van der Waals surface area contributed by atoms with Crippen molar-refractivity contribution in [2.75, 3.05) is 6.54 Å². The first kappa shape index (κ1) is 13.9. The van der Waals surface area contributed by atoms with Crippen LogP contribution in [0.5, 0.6) is 0 Å². The summed E-state index contributed by atoms with van der Waals surface area (Å²) in [5, 5.41) is 1.22. The zero-order valence-electron chi connectivity index (χ0n) is 11.2. The zero-order valence-corrected chi connectivity index (χ0v) is 12.7. The summed E-state index contributed by atoms with van der Waals surface area (Å²) in [6.45, 7) is 0.682. The highest BCUT2D eigenvalue weighted by atomic mass is 35.5. The Hall–Kier alpha value is -1.02. The van der Waals surface area contributed by atoms with Gasteiger partial charge in [-0.25, -0.2) is 0 Å². The van der Waals surface area contributed by atoms with E-state index in [1.165, 1.54) is 16.7 Å². The minimum absolute atomic E-state index is 0.112. The van der Waals surface area contributed by atoms with Crippen molar-refractivity contribution in [3.63, 3.8) is 0 Å². The van der Waals surface area contributed by atoms with Crippen LogP contribution >= 0.6 is 23.2 Å². The largest absolute Gasteiger partial charge is 0.330 e. The van der Waals surface area contributed by atoms with Crippen molar-refractivity contribution in [2.45, 2.75) is 19.3 Å². The number of hydrogen-bond donors (Lipinski definition) is 1. The summed E-state index contributed by atoms with van der Waals surface area (Å²) in [5.74, 6) is 0. The summed E-state index contributed by atoms with van der Waals surface area (Å²) < 4.78 is 0. The SMILES string of the molecule is NCC1(Cc2ccc(Cl)c(Cl)c2)Cc2ccccc2C1. The van der Waals surface area contributed by atoms with E-state index in [2.05, 4.69) is 30.3 Å². The number of halogens is 2. The van der Waals surface area contributed by atoms with Gasteiger partial charge in [0.15, 0.2) is 0 Å². The van der Waals surface area contributed by atoms with Gasteiger partial charge in [0.1, 0.15) is 0 Å². The number of fused-ring (bicyclic) bond motifs is 1. The molecule has 0 amide bonds. The molecular weight excluding hydrogens is 289 g/mol. The summed E-state index contributed by atoms with van der Waals surface area (Å²) in [4.78, 5) is 0. The van der Waals surface area contributed by atoms with Crippen LogP contribution in [-0.2, 0) is 19.3 Å². The standard InChI is InChI=1S/C17H17Cl2N/c18-15-6-5-12(7-16(15)19)8-17(11-20)9-13-3-1-2-4-14(13)10-17/h1-7H,8-11,20H2. The molecule has 20 heavy (non-hydrogen) atoms. The lowest BCUT2D eigenvalue weighted by Gasteiger charge is -2.27. The highest BCUT2D eigenvalue weighted by molar-refractivity contribution is 6.42. The topological polar surface area (TPSA) is 26.0 Å². The predicted octanol–water partition coefficient (Wildman–Crippen LogP) is 4.28. The summed E-state index contributed by atoms with van der Waals surface area (Å²) in [7, 11) is 0. The molecule has 2 N–H and O–H groups in total. The fourth-order valence-electron chi connectivity index (χ4n) is 3.20. The minimum Gasteiger partial charge on any atom is -0.330 e. The monoisotopic (exact) mass is 305 g/mol. The van der Waals surface area contributed by atoms with Crippen LogP contribution in [0, 0.1) is 5.41 Å². The van der Waals surface area contributed by atoms with Crippen molar-refractivity contribution in [3.8, 4) is 0 Å². The smallest absolute Gasteiger partial charge is 0.0595 e. The Morgan fingerprint density at radius 2 is 1.60 bits per heavy atom. The molecule has 0 unspecified atom stereocenters. The molecule has 0 saturated heterocycles. The van der Waals surface area contributed by atoms with Crippen LogP contribution < -0.4 is 5.73 Å². The molecule has 2 aromatic carbocycles. The summed E-state index contributed by atoms with van der Waals surface area (Å²) in [6.07, 6.45) is 3.02. The second-order valence-electron chi connectivity index (χ2n) is 5.75. The van der Waals surface area contributed by atoms with E-state index in [1.807, 2.05) is 12.1 Å². The third-order valence-corrected chi connectivity index (χ3v) is 4.98. The Kier molecular flexibility index (Phi) is 3.76. The molecule has 0 bridgehead atoms. The lowest BCUT2D eigenvalue weighted by Crippen LogP contribution is -2.33. The minimum atomic E-state index is 0.112. The molecule has 0 fully saturated rings. The molecule has 1 nitrogen and oxygen atoms in total. The van der Waals surface area contributed by atoms with E-state index in [0.717, 1.165) is 19.3 Å². The fraction of sp³-hybridized carbons (Fsp3) is 0.294. The molecule has 3 rings (SSSR count). The van der Waals surface area contributed by atoms with Crippen molar-refractivity contribution in [3.05, 3.63) is 69.2 Å². The Labute approximate surface area is 129 Å². The molecule has 0 aromatic heterocycles. The van der Waals surface area contributed by atoms with Gasteiger partial charge in [-0.3, -0.25) is 0 Å². The second-order valence-corrected chi connectivity index (χ2v) is 6.57. The van der Waals surface area contributed by atoms with E-state index < -0.39 is 0 Å². The van der Waals surface area contributed by atoms with Gasteiger partial charge >= 0.3 is 0 Å². The molecule has 0 atom stereocenters. The van der Waals surface area contributed by atoms with Crippen LogP contribution in [0.4, 0.5) is 0 Å². The van der Waals surface area contributed by atoms with E-state index >= 15 is 0 Å². The van der Waals surface area contributed by atoms with Gasteiger partial charge in [0.05, 0.1) is 10.0 Å². The maximum Gasteiger partial charge on any atom is 0.0595 e. The third kappa shape index (κ3) is 2.58. The van der Waals surface area contributed by atoms with Crippen LogP contribution in [0.3, 0.4) is 0 Å². The lowest BCUT2D eigenvalue weighted by molar-refractivity contribution is 0.315. The molecule has 1 aliphatic carbocycles. The average molecular weight is 306 g/mol. The van der Waals surface area contributed by atoms with Crippen LogP contribution in [0.1, 0.15) is 16.7 Å². The quantitative estimate of drug-likeness (QED) is 0.900. The van der Waals surface area contributed by atoms with Gasteiger partial charge in [0.2, 0.25) is 0 Å². The van der Waals surface area contributed by atoms with Crippen molar-refractivity contribution in [1.82, 2.24) is 0 Å². The van der Waals surface area contributed by atoms with Crippen molar-refractivity contribution >= 4 is 23.2 Å². The Balaban J connectivity index is 1.87. The van der Waals surface area contributed by atoms with Gasteiger partial charge in [-0.15, -0.1) is 0 Å². The number of benzene rings is 2. The van der Waals surface area contributed by atoms with Crippen molar-refractivity contribution in [2.24, 2.45) is 11.1 Å². The zero-order chi connectivity index (χ0) is 14.2. The van der Waals surface area contributed by atoms with Crippen LogP contribution in [0.2, 0.25) is 10.0 Å². The first-order chi connectivity index (χ1) is 9.62. The fourth-order valence-corrected chi connectivity index (χ4v) is 3.52. The molecule has 1 aliphatic rings. The van der Waals surface area contributed by atoms with Gasteiger partial charge in [0, 0.05) is 0 Å². The van der Waals surface area contributed by atoms with E-state index in [0.29, 0.717) is 16.6 Å². The Bertz CT molecular complexity index is 612. The van der Waals surface area contributed by atoms with Gasteiger partial charge in [-0.1, -0.05) is 53.5 Å². The van der Waals surface area contributed by atoms with Crippen LogP contribution in [0.15, 0.2) is 42.5 Å².